The van der Waals surface area contributed by atoms with E-state index in [2.05, 4.69) is 20.4 Å². The number of hydrogen-bond donors (Lipinski definition) is 2. The second-order valence-electron chi connectivity index (χ2n) is 7.20. The summed E-state index contributed by atoms with van der Waals surface area (Å²) in [5, 5.41) is 7.57. The van der Waals surface area contributed by atoms with E-state index in [1.807, 2.05) is 0 Å². The van der Waals surface area contributed by atoms with Gasteiger partial charge in [-0.15, -0.1) is 0 Å². The van der Waals surface area contributed by atoms with Crippen molar-refractivity contribution in [3.63, 3.8) is 0 Å². The van der Waals surface area contributed by atoms with Gasteiger partial charge in [-0.2, -0.15) is 32.9 Å². The molecule has 3 N–H and O–H groups in total. The molecule has 3 aromatic rings. The number of aromatic nitrogens is 4. The van der Waals surface area contributed by atoms with Gasteiger partial charge >= 0.3 is 6.18 Å². The fourth-order valence-electron chi connectivity index (χ4n) is 3.37. The second kappa shape index (κ2) is 5.91. The number of aryl methyl sites for hydroxylation is 1. The van der Waals surface area contributed by atoms with E-state index in [1.165, 1.54) is 4.68 Å². The molecule has 0 spiro atoms. The van der Waals surface area contributed by atoms with E-state index in [0.717, 1.165) is 0 Å². The highest BCUT2D eigenvalue weighted by atomic mass is 19.4. The third kappa shape index (κ3) is 2.85. The number of para-hydroxylation sites is 1. The van der Waals surface area contributed by atoms with Crippen LogP contribution in [0.2, 0.25) is 0 Å². The van der Waals surface area contributed by atoms with Crippen LogP contribution in [0.4, 0.5) is 24.8 Å². The molecule has 146 valence electrons. The zero-order valence-corrected chi connectivity index (χ0v) is 15.1. The molecule has 0 unspecified atom stereocenters. The number of nitrogens with zero attached hydrogens (tertiary/aromatic N) is 4. The average molecular weight is 390 g/mol. The van der Waals surface area contributed by atoms with Gasteiger partial charge < -0.3 is 11.1 Å². The van der Waals surface area contributed by atoms with Gasteiger partial charge in [0.15, 0.2) is 0 Å². The number of fused-ring (bicyclic) bond motifs is 2. The number of alkyl halides is 3. The summed E-state index contributed by atoms with van der Waals surface area (Å²) >= 11 is 0. The van der Waals surface area contributed by atoms with Crippen molar-refractivity contribution in [3.8, 4) is 5.95 Å². The number of halogens is 3. The summed E-state index contributed by atoms with van der Waals surface area (Å²) < 4.78 is 39.4. The Balaban J connectivity index is 1.84. The molecule has 0 atom stereocenters. The lowest BCUT2D eigenvalue weighted by Crippen LogP contribution is -2.27. The summed E-state index contributed by atoms with van der Waals surface area (Å²) in [4.78, 5) is 20.8. The molecule has 0 bridgehead atoms. The van der Waals surface area contributed by atoms with Crippen molar-refractivity contribution in [3.05, 3.63) is 35.5 Å². The van der Waals surface area contributed by atoms with Crippen LogP contribution in [-0.2, 0) is 16.6 Å². The van der Waals surface area contributed by atoms with E-state index < -0.39 is 18.0 Å². The van der Waals surface area contributed by atoms with Gasteiger partial charge in [0, 0.05) is 18.2 Å². The van der Waals surface area contributed by atoms with E-state index in [9.17, 15) is 18.0 Å². The maximum atomic E-state index is 12.7. The summed E-state index contributed by atoms with van der Waals surface area (Å²) in [6.45, 7) is 3.43. The molecule has 0 aliphatic carbocycles. The van der Waals surface area contributed by atoms with E-state index in [4.69, 9.17) is 5.73 Å². The van der Waals surface area contributed by atoms with Crippen molar-refractivity contribution in [2.24, 2.45) is 0 Å². The highest BCUT2D eigenvalue weighted by Gasteiger charge is 2.42. The number of carbonyl (C=O) groups excluding carboxylic acids is 1. The van der Waals surface area contributed by atoms with Crippen LogP contribution in [0.3, 0.4) is 0 Å². The van der Waals surface area contributed by atoms with Crippen LogP contribution in [0.1, 0.15) is 31.5 Å². The van der Waals surface area contributed by atoms with Crippen LogP contribution >= 0.6 is 0 Å². The molecular formula is C18H17F3N6O. The number of amides is 1. The Hall–Kier alpha value is -3.17. The summed E-state index contributed by atoms with van der Waals surface area (Å²) in [6, 6.07) is 6.89. The van der Waals surface area contributed by atoms with Gasteiger partial charge in [-0.3, -0.25) is 4.79 Å². The van der Waals surface area contributed by atoms with Crippen molar-refractivity contribution in [2.45, 2.75) is 38.3 Å². The van der Waals surface area contributed by atoms with Gasteiger partial charge in [0.1, 0.15) is 11.6 Å². The molecule has 0 fully saturated rings. The lowest BCUT2D eigenvalue weighted by atomic mass is 9.87. The molecule has 7 nitrogen and oxygen atoms in total. The van der Waals surface area contributed by atoms with Gasteiger partial charge in [-0.1, -0.05) is 18.2 Å². The number of carbonyl (C=O) groups is 1. The van der Waals surface area contributed by atoms with Crippen molar-refractivity contribution in [2.75, 3.05) is 11.1 Å². The minimum atomic E-state index is -4.28. The zero-order valence-electron chi connectivity index (χ0n) is 15.1. The van der Waals surface area contributed by atoms with Crippen LogP contribution in [0.25, 0.3) is 16.9 Å². The average Bonchev–Trinajstić information content (AvgIpc) is 3.08. The summed E-state index contributed by atoms with van der Waals surface area (Å²) in [6.07, 6.45) is -5.53. The molecule has 1 aliphatic rings. The lowest BCUT2D eigenvalue weighted by Gasteiger charge is -2.16. The van der Waals surface area contributed by atoms with Gasteiger partial charge in [-0.05, 0) is 19.9 Å². The molecule has 0 radical (unpaired) electrons. The Labute approximate surface area is 157 Å². The molecule has 10 heteroatoms. The summed E-state index contributed by atoms with van der Waals surface area (Å²) in [7, 11) is 0. The van der Waals surface area contributed by atoms with Crippen LogP contribution in [0.5, 0.6) is 0 Å². The number of rotatable bonds is 3. The Morgan fingerprint density at radius 3 is 2.64 bits per heavy atom. The molecule has 1 amide bonds. The summed E-state index contributed by atoms with van der Waals surface area (Å²) in [5.41, 5.74) is 6.55. The number of hydrogen-bond acceptors (Lipinski definition) is 5. The minimum absolute atomic E-state index is 0.0868. The number of nitrogen functional groups attached to an aromatic ring is 1. The molecule has 1 aromatic carbocycles. The molecule has 4 rings (SSSR count). The fourth-order valence-corrected chi connectivity index (χ4v) is 3.37. The first-order chi connectivity index (χ1) is 13.1. The Kier molecular flexibility index (Phi) is 3.84. The molecule has 0 saturated heterocycles. The second-order valence-corrected chi connectivity index (χ2v) is 7.20. The molecule has 2 aromatic heterocycles. The first kappa shape index (κ1) is 18.2. The quantitative estimate of drug-likeness (QED) is 0.716. The highest BCUT2D eigenvalue weighted by Crippen LogP contribution is 2.39. The molecule has 3 heterocycles. The maximum absolute atomic E-state index is 12.7. The van der Waals surface area contributed by atoms with Crippen LogP contribution in [0.15, 0.2) is 24.3 Å². The number of anilines is 2. The number of benzene rings is 1. The molecule has 28 heavy (non-hydrogen) atoms. The Morgan fingerprint density at radius 1 is 1.21 bits per heavy atom. The summed E-state index contributed by atoms with van der Waals surface area (Å²) in [5.74, 6) is 0.245. The van der Waals surface area contributed by atoms with E-state index >= 15 is 0 Å². The van der Waals surface area contributed by atoms with Gasteiger partial charge in [-0.25, -0.2) is 0 Å². The van der Waals surface area contributed by atoms with Crippen molar-refractivity contribution in [1.82, 2.24) is 19.7 Å². The SMILES string of the molecule is CC1(C)C(=O)Nc2nc(-n3nc(CCC(F)(F)F)c4ccccc43)nc(N)c21. The first-order valence-corrected chi connectivity index (χ1v) is 8.61. The maximum Gasteiger partial charge on any atom is 0.389 e. The van der Waals surface area contributed by atoms with Crippen LogP contribution in [-0.4, -0.2) is 31.8 Å². The largest absolute Gasteiger partial charge is 0.389 e. The fraction of sp³-hybridized carbons (Fsp3) is 0.333. The van der Waals surface area contributed by atoms with Crippen LogP contribution in [0, 0.1) is 0 Å². The van der Waals surface area contributed by atoms with Crippen molar-refractivity contribution >= 4 is 28.4 Å². The molecule has 0 saturated carbocycles. The monoisotopic (exact) mass is 390 g/mol. The van der Waals surface area contributed by atoms with E-state index in [-0.39, 0.29) is 29.9 Å². The highest BCUT2D eigenvalue weighted by molar-refractivity contribution is 6.06. The zero-order chi connectivity index (χ0) is 20.3. The standard InChI is InChI=1S/C18H17F3N6O/c1-17(2)12-13(22)23-16(25-14(12)24-15(17)28)27-11-6-4-3-5-9(11)10(26-27)7-8-18(19,20)21/h3-6H,7-8H2,1-2H3,(H3,22,23,24,25,28). The van der Waals surface area contributed by atoms with Crippen LogP contribution < -0.4 is 11.1 Å². The predicted molar refractivity (Wildman–Crippen MR) is 97.1 cm³/mol. The minimum Gasteiger partial charge on any atom is -0.383 e. The Morgan fingerprint density at radius 2 is 1.93 bits per heavy atom. The van der Waals surface area contributed by atoms with Crippen molar-refractivity contribution in [1.29, 1.82) is 0 Å². The van der Waals surface area contributed by atoms with Gasteiger partial charge in [0.2, 0.25) is 5.91 Å². The van der Waals surface area contributed by atoms with Gasteiger partial charge in [0.05, 0.1) is 22.2 Å². The first-order valence-electron chi connectivity index (χ1n) is 8.61. The smallest absolute Gasteiger partial charge is 0.383 e. The Bertz CT molecular complexity index is 1100. The van der Waals surface area contributed by atoms with E-state index in [0.29, 0.717) is 22.2 Å². The third-order valence-electron chi connectivity index (χ3n) is 4.85. The van der Waals surface area contributed by atoms with Crippen molar-refractivity contribution < 1.29 is 18.0 Å². The number of nitrogens with two attached hydrogens (primary N) is 1. The molecule has 1 aliphatic heterocycles. The van der Waals surface area contributed by atoms with Gasteiger partial charge in [0.25, 0.3) is 5.95 Å². The van der Waals surface area contributed by atoms with E-state index in [1.54, 1.807) is 38.1 Å². The number of nitrogens with one attached hydrogen (secondary N) is 1. The topological polar surface area (TPSA) is 98.7 Å². The third-order valence-corrected chi connectivity index (χ3v) is 4.85. The lowest BCUT2D eigenvalue weighted by molar-refractivity contribution is -0.134. The normalized spacial score (nSPS) is 15.7. The molecular weight excluding hydrogens is 373 g/mol. The predicted octanol–water partition coefficient (Wildman–Crippen LogP) is 3.12.